The van der Waals surface area contributed by atoms with Crippen molar-refractivity contribution in [2.45, 2.75) is 26.4 Å². The number of aryl methyl sites for hydroxylation is 2. The van der Waals surface area contributed by atoms with E-state index >= 15 is 0 Å². The molecule has 19 heavy (non-hydrogen) atoms. The summed E-state index contributed by atoms with van der Waals surface area (Å²) < 4.78 is 13.1. The van der Waals surface area contributed by atoms with Gasteiger partial charge in [0.2, 0.25) is 0 Å². The standard InChI is InChI=1S/C16H16ClFO/c1-10-7-15(17)11(2)6-14(10)16(19)9-12-4-3-5-13(18)8-12/h3-8,16,19H,9H2,1-2H3. The molecule has 0 saturated carbocycles. The molecule has 0 bridgehead atoms. The van der Waals surface area contributed by atoms with Gasteiger partial charge < -0.3 is 5.11 Å². The number of halogens is 2. The molecule has 0 aliphatic rings. The lowest BCUT2D eigenvalue weighted by Crippen LogP contribution is -2.05. The van der Waals surface area contributed by atoms with Gasteiger partial charge in [-0.3, -0.25) is 0 Å². The summed E-state index contributed by atoms with van der Waals surface area (Å²) >= 11 is 6.04. The Morgan fingerprint density at radius 1 is 1.16 bits per heavy atom. The molecule has 1 atom stereocenters. The van der Waals surface area contributed by atoms with Crippen molar-refractivity contribution in [3.63, 3.8) is 0 Å². The Labute approximate surface area is 117 Å². The lowest BCUT2D eigenvalue weighted by molar-refractivity contribution is 0.177. The van der Waals surface area contributed by atoms with Gasteiger partial charge in [0.15, 0.2) is 0 Å². The van der Waals surface area contributed by atoms with Gasteiger partial charge in [-0.15, -0.1) is 0 Å². The van der Waals surface area contributed by atoms with Gasteiger partial charge in [-0.2, -0.15) is 0 Å². The summed E-state index contributed by atoms with van der Waals surface area (Å²) in [6.45, 7) is 3.82. The van der Waals surface area contributed by atoms with E-state index in [2.05, 4.69) is 0 Å². The molecule has 1 unspecified atom stereocenters. The predicted octanol–water partition coefficient (Wildman–Crippen LogP) is 4.37. The number of hydrogen-bond donors (Lipinski definition) is 1. The van der Waals surface area contributed by atoms with E-state index in [9.17, 15) is 9.50 Å². The highest BCUT2D eigenvalue weighted by atomic mass is 35.5. The summed E-state index contributed by atoms with van der Waals surface area (Å²) in [5.41, 5.74) is 3.49. The van der Waals surface area contributed by atoms with Crippen LogP contribution in [0.3, 0.4) is 0 Å². The van der Waals surface area contributed by atoms with Crippen molar-refractivity contribution >= 4 is 11.6 Å². The van der Waals surface area contributed by atoms with Gasteiger partial charge in [0.05, 0.1) is 6.10 Å². The summed E-state index contributed by atoms with van der Waals surface area (Å²) in [7, 11) is 0. The first-order chi connectivity index (χ1) is 8.97. The van der Waals surface area contributed by atoms with E-state index in [1.165, 1.54) is 12.1 Å². The van der Waals surface area contributed by atoms with Crippen molar-refractivity contribution in [1.29, 1.82) is 0 Å². The molecule has 3 heteroatoms. The number of benzene rings is 2. The molecular formula is C16H16ClFO. The Hall–Kier alpha value is -1.38. The van der Waals surface area contributed by atoms with Crippen LogP contribution < -0.4 is 0 Å². The summed E-state index contributed by atoms with van der Waals surface area (Å²) in [6, 6.07) is 10.0. The molecule has 0 aromatic heterocycles. The molecule has 0 radical (unpaired) electrons. The molecule has 2 aromatic rings. The molecular weight excluding hydrogens is 263 g/mol. The lowest BCUT2D eigenvalue weighted by Gasteiger charge is -2.15. The second kappa shape index (κ2) is 5.72. The smallest absolute Gasteiger partial charge is 0.123 e. The maximum absolute atomic E-state index is 13.1. The largest absolute Gasteiger partial charge is 0.388 e. The molecule has 0 saturated heterocycles. The number of rotatable bonds is 3. The highest BCUT2D eigenvalue weighted by molar-refractivity contribution is 6.31. The Morgan fingerprint density at radius 2 is 1.89 bits per heavy atom. The van der Waals surface area contributed by atoms with Crippen LogP contribution >= 0.6 is 11.6 Å². The van der Waals surface area contributed by atoms with E-state index in [0.29, 0.717) is 11.4 Å². The molecule has 100 valence electrons. The average Bonchev–Trinajstić information content (AvgIpc) is 2.33. The minimum absolute atomic E-state index is 0.284. The van der Waals surface area contributed by atoms with Gasteiger partial charge in [0.25, 0.3) is 0 Å². The van der Waals surface area contributed by atoms with Gasteiger partial charge in [-0.05, 0) is 54.3 Å². The second-order valence-electron chi connectivity index (χ2n) is 4.81. The molecule has 1 nitrogen and oxygen atoms in total. The number of aliphatic hydroxyl groups excluding tert-OH is 1. The molecule has 2 rings (SSSR count). The molecule has 0 fully saturated rings. The van der Waals surface area contributed by atoms with E-state index in [0.717, 1.165) is 22.3 Å². The zero-order valence-corrected chi connectivity index (χ0v) is 11.7. The van der Waals surface area contributed by atoms with Crippen molar-refractivity contribution in [1.82, 2.24) is 0 Å². The van der Waals surface area contributed by atoms with Crippen LogP contribution in [0.5, 0.6) is 0 Å². The first-order valence-electron chi connectivity index (χ1n) is 6.16. The Morgan fingerprint density at radius 3 is 2.58 bits per heavy atom. The van der Waals surface area contributed by atoms with E-state index < -0.39 is 6.10 Å². The van der Waals surface area contributed by atoms with Crippen molar-refractivity contribution in [3.05, 3.63) is 69.5 Å². The van der Waals surface area contributed by atoms with Crippen LogP contribution in [0, 0.1) is 19.7 Å². The van der Waals surface area contributed by atoms with Gasteiger partial charge in [0, 0.05) is 11.4 Å². The third-order valence-corrected chi connectivity index (χ3v) is 3.63. The van der Waals surface area contributed by atoms with Crippen LogP contribution in [0.25, 0.3) is 0 Å². The van der Waals surface area contributed by atoms with Gasteiger partial charge in [0.1, 0.15) is 5.82 Å². The highest BCUT2D eigenvalue weighted by Crippen LogP contribution is 2.27. The molecule has 0 heterocycles. The number of aliphatic hydroxyl groups is 1. The van der Waals surface area contributed by atoms with Gasteiger partial charge >= 0.3 is 0 Å². The molecule has 2 aromatic carbocycles. The fraction of sp³-hybridized carbons (Fsp3) is 0.250. The van der Waals surface area contributed by atoms with E-state index in [1.807, 2.05) is 32.0 Å². The van der Waals surface area contributed by atoms with E-state index in [1.54, 1.807) is 6.07 Å². The average molecular weight is 279 g/mol. The van der Waals surface area contributed by atoms with Crippen LogP contribution in [0.1, 0.15) is 28.4 Å². The predicted molar refractivity (Wildman–Crippen MR) is 76.0 cm³/mol. The van der Waals surface area contributed by atoms with Crippen LogP contribution in [0.15, 0.2) is 36.4 Å². The zero-order chi connectivity index (χ0) is 14.0. The normalized spacial score (nSPS) is 12.5. The zero-order valence-electron chi connectivity index (χ0n) is 11.0. The molecule has 1 N–H and O–H groups in total. The Bertz CT molecular complexity index is 595. The van der Waals surface area contributed by atoms with Crippen molar-refractivity contribution in [2.75, 3.05) is 0 Å². The van der Waals surface area contributed by atoms with Gasteiger partial charge in [-0.25, -0.2) is 4.39 Å². The summed E-state index contributed by atoms with van der Waals surface area (Å²) in [4.78, 5) is 0. The first kappa shape index (κ1) is 14.0. The minimum atomic E-state index is -0.655. The van der Waals surface area contributed by atoms with Crippen LogP contribution in [0.2, 0.25) is 5.02 Å². The van der Waals surface area contributed by atoms with E-state index in [-0.39, 0.29) is 5.82 Å². The monoisotopic (exact) mass is 278 g/mol. The minimum Gasteiger partial charge on any atom is -0.388 e. The topological polar surface area (TPSA) is 20.2 Å². The summed E-state index contributed by atoms with van der Waals surface area (Å²) in [5, 5.41) is 11.0. The molecule has 0 amide bonds. The van der Waals surface area contributed by atoms with Gasteiger partial charge in [-0.1, -0.05) is 29.8 Å². The van der Waals surface area contributed by atoms with Crippen molar-refractivity contribution in [2.24, 2.45) is 0 Å². The van der Waals surface area contributed by atoms with Crippen molar-refractivity contribution < 1.29 is 9.50 Å². The first-order valence-corrected chi connectivity index (χ1v) is 6.54. The maximum Gasteiger partial charge on any atom is 0.123 e. The molecule has 0 spiro atoms. The molecule has 0 aliphatic carbocycles. The quantitative estimate of drug-likeness (QED) is 0.884. The fourth-order valence-electron chi connectivity index (χ4n) is 2.16. The number of hydrogen-bond acceptors (Lipinski definition) is 1. The maximum atomic E-state index is 13.1. The van der Waals surface area contributed by atoms with Crippen molar-refractivity contribution in [3.8, 4) is 0 Å². The Balaban J connectivity index is 2.25. The van der Waals surface area contributed by atoms with Crippen LogP contribution in [0.4, 0.5) is 4.39 Å². The Kier molecular flexibility index (Phi) is 4.23. The van der Waals surface area contributed by atoms with Crippen LogP contribution in [-0.2, 0) is 6.42 Å². The highest BCUT2D eigenvalue weighted by Gasteiger charge is 2.13. The van der Waals surface area contributed by atoms with E-state index in [4.69, 9.17) is 11.6 Å². The third-order valence-electron chi connectivity index (χ3n) is 3.22. The SMILES string of the molecule is Cc1cc(C(O)Cc2cccc(F)c2)c(C)cc1Cl. The summed E-state index contributed by atoms with van der Waals surface area (Å²) in [5.74, 6) is -0.284. The summed E-state index contributed by atoms with van der Waals surface area (Å²) in [6.07, 6.45) is -0.266. The fourth-order valence-corrected chi connectivity index (χ4v) is 2.38. The van der Waals surface area contributed by atoms with Crippen LogP contribution in [-0.4, -0.2) is 5.11 Å². The second-order valence-corrected chi connectivity index (χ2v) is 5.22. The molecule has 0 aliphatic heterocycles. The lowest BCUT2D eigenvalue weighted by atomic mass is 9.96. The third kappa shape index (κ3) is 3.34.